The predicted octanol–water partition coefficient (Wildman–Crippen LogP) is 1.04. The first-order valence-corrected chi connectivity index (χ1v) is 6.85. The minimum Gasteiger partial charge on any atom is -0.480 e. The predicted molar refractivity (Wildman–Crippen MR) is 74.2 cm³/mol. The molecule has 0 aromatic carbocycles. The van der Waals surface area contributed by atoms with Crippen LogP contribution in [0.15, 0.2) is 12.3 Å². The molecular formula is C14H16N4O3. The highest BCUT2D eigenvalue weighted by Gasteiger charge is 2.35. The molecule has 1 aliphatic heterocycles. The molecule has 1 aliphatic rings. The molecule has 1 amide bonds. The molecule has 110 valence electrons. The van der Waals surface area contributed by atoms with E-state index in [0.717, 1.165) is 11.4 Å². The number of likely N-dealkylation sites (tertiary alicyclic amines) is 1. The topological polar surface area (TPSA) is 87.8 Å². The summed E-state index contributed by atoms with van der Waals surface area (Å²) in [5.74, 6) is -1.27. The number of carboxylic acid groups (broad SMARTS) is 1. The number of carboxylic acids is 1. The van der Waals surface area contributed by atoms with E-state index in [4.69, 9.17) is 0 Å². The lowest BCUT2D eigenvalue weighted by atomic mass is 10.2. The van der Waals surface area contributed by atoms with Gasteiger partial charge >= 0.3 is 5.97 Å². The first kappa shape index (κ1) is 13.5. The third-order valence-corrected chi connectivity index (χ3v) is 3.81. The quantitative estimate of drug-likeness (QED) is 0.892. The lowest BCUT2D eigenvalue weighted by molar-refractivity contribution is -0.141. The summed E-state index contributed by atoms with van der Waals surface area (Å²) < 4.78 is 1.60. The van der Waals surface area contributed by atoms with Gasteiger partial charge in [0.15, 0.2) is 5.65 Å². The van der Waals surface area contributed by atoms with E-state index >= 15 is 0 Å². The second kappa shape index (κ2) is 4.83. The van der Waals surface area contributed by atoms with Crippen LogP contribution >= 0.6 is 0 Å². The molecule has 3 rings (SSSR count). The van der Waals surface area contributed by atoms with Crippen LogP contribution < -0.4 is 0 Å². The van der Waals surface area contributed by atoms with Crippen LogP contribution in [0.25, 0.3) is 5.65 Å². The Bertz CT molecular complexity index is 737. The van der Waals surface area contributed by atoms with Crippen molar-refractivity contribution >= 4 is 17.5 Å². The summed E-state index contributed by atoms with van der Waals surface area (Å²) in [5.41, 5.74) is 2.52. The maximum atomic E-state index is 12.6. The Kier molecular flexibility index (Phi) is 3.12. The summed E-state index contributed by atoms with van der Waals surface area (Å²) in [6.45, 7) is 4.20. The van der Waals surface area contributed by atoms with Crippen molar-refractivity contribution in [3.63, 3.8) is 0 Å². The fourth-order valence-corrected chi connectivity index (χ4v) is 2.84. The standard InChI is InChI=1S/C14H16N4O3/c1-8-6-9(2)18-12(16-8)10(7-15-18)13(19)17-5-3-4-11(17)14(20)21/h6-7,11H,3-5H2,1-2H3,(H,20,21)/t11-/m0/s1. The fraction of sp³-hybridized carbons (Fsp3) is 0.429. The Labute approximate surface area is 121 Å². The summed E-state index contributed by atoms with van der Waals surface area (Å²) in [6, 6.07) is 1.13. The monoisotopic (exact) mass is 288 g/mol. The van der Waals surface area contributed by atoms with E-state index in [2.05, 4.69) is 10.1 Å². The molecule has 1 N–H and O–H groups in total. The van der Waals surface area contributed by atoms with Crippen LogP contribution in [0.5, 0.6) is 0 Å². The van der Waals surface area contributed by atoms with E-state index < -0.39 is 12.0 Å². The van der Waals surface area contributed by atoms with E-state index in [-0.39, 0.29) is 5.91 Å². The lowest BCUT2D eigenvalue weighted by Gasteiger charge is -2.20. The number of rotatable bonds is 2. The molecule has 2 aromatic heterocycles. The van der Waals surface area contributed by atoms with Crippen LogP contribution in [0.1, 0.15) is 34.6 Å². The number of amides is 1. The van der Waals surface area contributed by atoms with Crippen molar-refractivity contribution in [1.82, 2.24) is 19.5 Å². The van der Waals surface area contributed by atoms with Crippen molar-refractivity contribution in [1.29, 1.82) is 0 Å². The van der Waals surface area contributed by atoms with E-state index in [0.29, 0.717) is 30.6 Å². The molecule has 7 heteroatoms. The molecule has 0 spiro atoms. The van der Waals surface area contributed by atoms with Gasteiger partial charge in [-0.2, -0.15) is 5.10 Å². The molecule has 0 bridgehead atoms. The molecule has 1 saturated heterocycles. The lowest BCUT2D eigenvalue weighted by Crippen LogP contribution is -2.40. The number of fused-ring (bicyclic) bond motifs is 1. The zero-order valence-electron chi connectivity index (χ0n) is 11.9. The molecule has 0 aliphatic carbocycles. The Hall–Kier alpha value is -2.44. The van der Waals surface area contributed by atoms with Crippen molar-refractivity contribution in [2.24, 2.45) is 0 Å². The summed E-state index contributed by atoms with van der Waals surface area (Å²) in [5, 5.41) is 13.4. The Morgan fingerprint density at radius 3 is 2.86 bits per heavy atom. The van der Waals surface area contributed by atoms with Crippen LogP contribution in [0, 0.1) is 13.8 Å². The Balaban J connectivity index is 2.04. The number of hydrogen-bond acceptors (Lipinski definition) is 4. The molecule has 3 heterocycles. The molecule has 0 unspecified atom stereocenters. The zero-order valence-corrected chi connectivity index (χ0v) is 11.9. The number of nitrogens with zero attached hydrogens (tertiary/aromatic N) is 4. The summed E-state index contributed by atoms with van der Waals surface area (Å²) in [6.07, 6.45) is 2.66. The van der Waals surface area contributed by atoms with Gasteiger partial charge in [0.1, 0.15) is 11.6 Å². The number of aryl methyl sites for hydroxylation is 2. The maximum Gasteiger partial charge on any atom is 0.326 e. The van der Waals surface area contributed by atoms with Crippen molar-refractivity contribution in [3.05, 3.63) is 29.2 Å². The summed E-state index contributed by atoms with van der Waals surface area (Å²) >= 11 is 0. The maximum absolute atomic E-state index is 12.6. The van der Waals surface area contributed by atoms with E-state index in [1.807, 2.05) is 19.9 Å². The van der Waals surface area contributed by atoms with Crippen molar-refractivity contribution < 1.29 is 14.7 Å². The van der Waals surface area contributed by atoms with E-state index in [1.54, 1.807) is 4.52 Å². The average molecular weight is 288 g/mol. The normalized spacial score (nSPS) is 18.4. The molecular weight excluding hydrogens is 272 g/mol. The smallest absolute Gasteiger partial charge is 0.326 e. The third kappa shape index (κ3) is 2.14. The Morgan fingerprint density at radius 1 is 1.38 bits per heavy atom. The van der Waals surface area contributed by atoms with Gasteiger partial charge < -0.3 is 10.0 Å². The zero-order chi connectivity index (χ0) is 15.1. The van der Waals surface area contributed by atoms with Crippen LogP contribution in [0.2, 0.25) is 0 Å². The minimum absolute atomic E-state index is 0.313. The SMILES string of the molecule is Cc1cc(C)n2ncc(C(=O)N3CCC[C@H]3C(=O)O)c2n1. The third-order valence-electron chi connectivity index (χ3n) is 3.81. The molecule has 21 heavy (non-hydrogen) atoms. The van der Waals surface area contributed by atoms with Gasteiger partial charge in [0, 0.05) is 17.9 Å². The highest BCUT2D eigenvalue weighted by Crippen LogP contribution is 2.22. The van der Waals surface area contributed by atoms with Crippen molar-refractivity contribution in [2.75, 3.05) is 6.54 Å². The molecule has 0 radical (unpaired) electrons. The van der Waals surface area contributed by atoms with Gasteiger partial charge in [0.25, 0.3) is 5.91 Å². The average Bonchev–Trinajstić information content (AvgIpc) is 3.03. The van der Waals surface area contributed by atoms with Gasteiger partial charge in [-0.15, -0.1) is 0 Å². The number of aliphatic carboxylic acids is 1. The van der Waals surface area contributed by atoms with Crippen molar-refractivity contribution in [3.8, 4) is 0 Å². The van der Waals surface area contributed by atoms with Crippen LogP contribution in [0.3, 0.4) is 0 Å². The molecule has 1 fully saturated rings. The molecule has 1 atom stereocenters. The van der Waals surface area contributed by atoms with Crippen LogP contribution in [-0.2, 0) is 4.79 Å². The number of carbonyl (C=O) groups is 2. The van der Waals surface area contributed by atoms with Gasteiger partial charge in [-0.1, -0.05) is 0 Å². The summed E-state index contributed by atoms with van der Waals surface area (Å²) in [4.78, 5) is 29.6. The first-order valence-electron chi connectivity index (χ1n) is 6.85. The highest BCUT2D eigenvalue weighted by atomic mass is 16.4. The van der Waals surface area contributed by atoms with Crippen LogP contribution in [-0.4, -0.2) is 49.1 Å². The largest absolute Gasteiger partial charge is 0.480 e. The van der Waals surface area contributed by atoms with Gasteiger partial charge in [-0.25, -0.2) is 14.3 Å². The minimum atomic E-state index is -0.961. The second-order valence-electron chi connectivity index (χ2n) is 5.33. The van der Waals surface area contributed by atoms with Gasteiger partial charge in [0.05, 0.1) is 6.20 Å². The van der Waals surface area contributed by atoms with Gasteiger partial charge in [0.2, 0.25) is 0 Å². The van der Waals surface area contributed by atoms with Gasteiger partial charge in [-0.05, 0) is 32.8 Å². The molecule has 2 aromatic rings. The highest BCUT2D eigenvalue weighted by molar-refractivity contribution is 6.01. The molecule has 0 saturated carbocycles. The number of carbonyl (C=O) groups excluding carboxylic acids is 1. The van der Waals surface area contributed by atoms with Crippen LogP contribution in [0.4, 0.5) is 0 Å². The number of hydrogen-bond donors (Lipinski definition) is 1. The Morgan fingerprint density at radius 2 is 2.14 bits per heavy atom. The van der Waals surface area contributed by atoms with Gasteiger partial charge in [-0.3, -0.25) is 4.79 Å². The second-order valence-corrected chi connectivity index (χ2v) is 5.33. The van der Waals surface area contributed by atoms with E-state index in [9.17, 15) is 14.7 Å². The first-order chi connectivity index (χ1) is 9.99. The molecule has 7 nitrogen and oxygen atoms in total. The summed E-state index contributed by atoms with van der Waals surface area (Å²) in [7, 11) is 0. The number of aromatic nitrogens is 3. The fourth-order valence-electron chi connectivity index (χ4n) is 2.84. The van der Waals surface area contributed by atoms with Crippen molar-refractivity contribution in [2.45, 2.75) is 32.7 Å². The van der Waals surface area contributed by atoms with E-state index in [1.165, 1.54) is 11.1 Å².